The molecule has 2 rings (SSSR count). The Morgan fingerprint density at radius 3 is 2.44 bits per heavy atom. The molecule has 0 saturated carbocycles. The van der Waals surface area contributed by atoms with Gasteiger partial charge in [0.1, 0.15) is 0 Å². The topological polar surface area (TPSA) is 67.5 Å². The van der Waals surface area contributed by atoms with Crippen LogP contribution in [0.5, 0.6) is 0 Å². The fourth-order valence-corrected chi connectivity index (χ4v) is 2.10. The zero-order chi connectivity index (χ0) is 11.7. The van der Waals surface area contributed by atoms with E-state index in [0.29, 0.717) is 23.7 Å². The summed E-state index contributed by atoms with van der Waals surface area (Å²) >= 11 is 6.03. The van der Waals surface area contributed by atoms with Crippen molar-refractivity contribution in [2.24, 2.45) is 0 Å². The van der Waals surface area contributed by atoms with Gasteiger partial charge in [-0.15, -0.1) is 0 Å². The van der Waals surface area contributed by atoms with E-state index in [0.717, 1.165) is 5.69 Å². The zero-order valence-corrected chi connectivity index (χ0v) is 9.22. The Labute approximate surface area is 98.3 Å². The van der Waals surface area contributed by atoms with Crippen LogP contribution < -0.4 is 4.90 Å². The second-order valence-electron chi connectivity index (χ2n) is 3.82. The molecule has 2 unspecified atom stereocenters. The standard InChI is InChI=1S/C11H11ClN2O2/c12-8-3-7(4-13)1-2-9(8)14-5-10(15)11(16)6-14/h1-3,10-11,15-16H,5-6H2. The van der Waals surface area contributed by atoms with Crippen molar-refractivity contribution in [3.05, 3.63) is 28.8 Å². The van der Waals surface area contributed by atoms with Gasteiger partial charge in [0.05, 0.1) is 34.6 Å². The van der Waals surface area contributed by atoms with Crippen LogP contribution in [-0.4, -0.2) is 35.5 Å². The highest BCUT2D eigenvalue weighted by Gasteiger charge is 2.30. The molecule has 1 saturated heterocycles. The van der Waals surface area contributed by atoms with E-state index in [-0.39, 0.29) is 0 Å². The van der Waals surface area contributed by atoms with Gasteiger partial charge in [-0.3, -0.25) is 0 Å². The molecule has 0 aliphatic carbocycles. The maximum absolute atomic E-state index is 9.43. The molecule has 1 aliphatic heterocycles. The number of hydrogen-bond acceptors (Lipinski definition) is 4. The molecule has 0 bridgehead atoms. The van der Waals surface area contributed by atoms with Crippen LogP contribution in [0.15, 0.2) is 18.2 Å². The predicted octanol–water partition coefficient (Wildman–Crippen LogP) is 0.753. The molecule has 0 radical (unpaired) electrons. The lowest BCUT2D eigenvalue weighted by Crippen LogP contribution is -2.22. The van der Waals surface area contributed by atoms with Gasteiger partial charge in [0.2, 0.25) is 0 Å². The van der Waals surface area contributed by atoms with Crippen LogP contribution >= 0.6 is 11.6 Å². The first-order valence-corrected chi connectivity index (χ1v) is 5.30. The Hall–Kier alpha value is -1.28. The maximum Gasteiger partial charge on any atom is 0.0992 e. The molecule has 1 aromatic rings. The van der Waals surface area contributed by atoms with E-state index in [1.54, 1.807) is 23.1 Å². The third-order valence-corrected chi connectivity index (χ3v) is 2.98. The first-order chi connectivity index (χ1) is 7.61. The molecule has 2 atom stereocenters. The van der Waals surface area contributed by atoms with Gasteiger partial charge >= 0.3 is 0 Å². The first-order valence-electron chi connectivity index (χ1n) is 4.92. The van der Waals surface area contributed by atoms with Crippen molar-refractivity contribution in [3.63, 3.8) is 0 Å². The van der Waals surface area contributed by atoms with E-state index in [1.165, 1.54) is 0 Å². The third-order valence-electron chi connectivity index (χ3n) is 2.68. The summed E-state index contributed by atoms with van der Waals surface area (Å²) < 4.78 is 0. The highest BCUT2D eigenvalue weighted by atomic mass is 35.5. The fraction of sp³-hybridized carbons (Fsp3) is 0.364. The van der Waals surface area contributed by atoms with Gasteiger partial charge in [-0.05, 0) is 18.2 Å². The van der Waals surface area contributed by atoms with Crippen LogP contribution in [0.4, 0.5) is 5.69 Å². The lowest BCUT2D eigenvalue weighted by molar-refractivity contribution is 0.0572. The van der Waals surface area contributed by atoms with Gasteiger partial charge in [-0.1, -0.05) is 11.6 Å². The van der Waals surface area contributed by atoms with Crippen LogP contribution in [0, 0.1) is 11.3 Å². The Balaban J connectivity index is 2.26. The van der Waals surface area contributed by atoms with Crippen LogP contribution in [0.3, 0.4) is 0 Å². The molecule has 1 aromatic carbocycles. The minimum Gasteiger partial charge on any atom is -0.389 e. The van der Waals surface area contributed by atoms with E-state index >= 15 is 0 Å². The summed E-state index contributed by atoms with van der Waals surface area (Å²) in [5.74, 6) is 0. The third kappa shape index (κ3) is 1.98. The summed E-state index contributed by atoms with van der Waals surface area (Å²) in [5.41, 5.74) is 1.23. The molecule has 4 nitrogen and oxygen atoms in total. The van der Waals surface area contributed by atoms with Gasteiger partial charge in [-0.2, -0.15) is 5.26 Å². The zero-order valence-electron chi connectivity index (χ0n) is 8.47. The quantitative estimate of drug-likeness (QED) is 0.758. The lowest BCUT2D eigenvalue weighted by atomic mass is 10.2. The Morgan fingerprint density at radius 1 is 1.31 bits per heavy atom. The van der Waals surface area contributed by atoms with Gasteiger partial charge in [0, 0.05) is 13.1 Å². The first kappa shape index (κ1) is 11.2. The Bertz CT molecular complexity index is 434. The molecule has 16 heavy (non-hydrogen) atoms. The summed E-state index contributed by atoms with van der Waals surface area (Å²) in [6, 6.07) is 6.97. The number of rotatable bonds is 1. The molecule has 1 aliphatic rings. The van der Waals surface area contributed by atoms with Gasteiger partial charge < -0.3 is 15.1 Å². The largest absolute Gasteiger partial charge is 0.389 e. The van der Waals surface area contributed by atoms with Crippen LogP contribution in [-0.2, 0) is 0 Å². The monoisotopic (exact) mass is 238 g/mol. The molecule has 84 valence electrons. The van der Waals surface area contributed by atoms with Crippen molar-refractivity contribution < 1.29 is 10.2 Å². The lowest BCUT2D eigenvalue weighted by Gasteiger charge is -2.19. The predicted molar refractivity (Wildman–Crippen MR) is 60.4 cm³/mol. The minimum absolute atomic E-state index is 0.354. The van der Waals surface area contributed by atoms with Crippen molar-refractivity contribution >= 4 is 17.3 Å². The molecular weight excluding hydrogens is 228 g/mol. The fourth-order valence-electron chi connectivity index (χ4n) is 1.80. The van der Waals surface area contributed by atoms with Crippen molar-refractivity contribution in [1.82, 2.24) is 0 Å². The van der Waals surface area contributed by atoms with E-state index < -0.39 is 12.2 Å². The highest BCUT2D eigenvalue weighted by molar-refractivity contribution is 6.33. The molecular formula is C11H11ClN2O2. The summed E-state index contributed by atoms with van der Waals surface area (Å²) in [4.78, 5) is 1.80. The van der Waals surface area contributed by atoms with E-state index in [9.17, 15) is 10.2 Å². The summed E-state index contributed by atoms with van der Waals surface area (Å²) in [6.07, 6.45) is -1.49. The van der Waals surface area contributed by atoms with Gasteiger partial charge in [0.15, 0.2) is 0 Å². The SMILES string of the molecule is N#Cc1ccc(N2CC(O)C(O)C2)c(Cl)c1. The van der Waals surface area contributed by atoms with Crippen LogP contribution in [0.1, 0.15) is 5.56 Å². The van der Waals surface area contributed by atoms with E-state index in [2.05, 4.69) is 0 Å². The van der Waals surface area contributed by atoms with Gasteiger partial charge in [-0.25, -0.2) is 0 Å². The number of nitriles is 1. The normalized spacial score (nSPS) is 24.5. The van der Waals surface area contributed by atoms with E-state index in [1.807, 2.05) is 6.07 Å². The summed E-state index contributed by atoms with van der Waals surface area (Å²) in [6.45, 7) is 0.708. The molecule has 1 fully saturated rings. The molecule has 2 N–H and O–H groups in total. The van der Waals surface area contributed by atoms with Crippen LogP contribution in [0.25, 0.3) is 0 Å². The average molecular weight is 239 g/mol. The molecule has 0 amide bonds. The minimum atomic E-state index is -0.744. The second kappa shape index (κ2) is 4.30. The summed E-state index contributed by atoms with van der Waals surface area (Å²) in [7, 11) is 0. The molecule has 0 spiro atoms. The smallest absolute Gasteiger partial charge is 0.0992 e. The number of anilines is 1. The number of hydrogen-bond donors (Lipinski definition) is 2. The number of benzene rings is 1. The van der Waals surface area contributed by atoms with Crippen molar-refractivity contribution in [1.29, 1.82) is 5.26 Å². The molecule has 0 aromatic heterocycles. The summed E-state index contributed by atoms with van der Waals surface area (Å²) in [5, 5.41) is 28.0. The van der Waals surface area contributed by atoms with Crippen molar-refractivity contribution in [2.45, 2.75) is 12.2 Å². The highest BCUT2D eigenvalue weighted by Crippen LogP contribution is 2.29. The number of aliphatic hydroxyl groups is 2. The Kier molecular flexibility index (Phi) is 3.01. The average Bonchev–Trinajstić information content (AvgIpc) is 2.58. The van der Waals surface area contributed by atoms with E-state index in [4.69, 9.17) is 16.9 Å². The van der Waals surface area contributed by atoms with Crippen molar-refractivity contribution in [3.8, 4) is 6.07 Å². The van der Waals surface area contributed by atoms with Crippen molar-refractivity contribution in [2.75, 3.05) is 18.0 Å². The second-order valence-corrected chi connectivity index (χ2v) is 4.22. The Morgan fingerprint density at radius 2 is 1.94 bits per heavy atom. The number of nitrogens with zero attached hydrogens (tertiary/aromatic N) is 2. The molecule has 5 heteroatoms. The number of halogens is 1. The van der Waals surface area contributed by atoms with Crippen LogP contribution in [0.2, 0.25) is 5.02 Å². The molecule has 1 heterocycles. The van der Waals surface area contributed by atoms with Gasteiger partial charge in [0.25, 0.3) is 0 Å². The number of aliphatic hydroxyl groups excluding tert-OH is 2. The maximum atomic E-state index is 9.43. The number of β-amino-alcohol motifs (C(OH)–C–C–N with tert-alkyl or cyclic N) is 2.